The minimum absolute atomic E-state index is 0.0858. The van der Waals surface area contributed by atoms with E-state index in [1.165, 1.54) is 42.5 Å². The standard InChI is InChI=1S/C23H15N3O7S/c27-18-9-3-7-15-19(34(31,32)33)11-17-21(20(15)18)25-23(24-17)16-8-2-6-14(22(16)28)12-4-1-5-13(10-12)26(29)30/h1-11,27-28H,(H,24,25)(H,31,32,33). The quantitative estimate of drug-likeness (QED) is 0.165. The zero-order valence-corrected chi connectivity index (χ0v) is 17.9. The van der Waals surface area contributed by atoms with E-state index >= 15 is 0 Å². The van der Waals surface area contributed by atoms with Crippen molar-refractivity contribution in [3.63, 3.8) is 0 Å². The van der Waals surface area contributed by atoms with Crippen LogP contribution >= 0.6 is 0 Å². The highest BCUT2D eigenvalue weighted by molar-refractivity contribution is 7.86. The first-order valence-electron chi connectivity index (χ1n) is 9.84. The van der Waals surface area contributed by atoms with Gasteiger partial charge in [0.2, 0.25) is 0 Å². The number of H-pyrrole nitrogens is 1. The van der Waals surface area contributed by atoms with Gasteiger partial charge in [0, 0.05) is 23.1 Å². The average Bonchev–Trinajstić information content (AvgIpc) is 3.22. The summed E-state index contributed by atoms with van der Waals surface area (Å²) in [6, 6.07) is 16.0. The molecule has 0 fully saturated rings. The molecule has 0 unspecified atom stereocenters. The zero-order valence-electron chi connectivity index (χ0n) is 17.1. The van der Waals surface area contributed by atoms with Gasteiger partial charge in [-0.25, -0.2) is 4.98 Å². The lowest BCUT2D eigenvalue weighted by atomic mass is 10.0. The number of fused-ring (bicyclic) bond motifs is 3. The summed E-state index contributed by atoms with van der Waals surface area (Å²) in [5.74, 6) is -0.275. The first kappa shape index (κ1) is 21.4. The number of non-ortho nitro benzene ring substituents is 1. The van der Waals surface area contributed by atoms with Crippen molar-refractivity contribution in [2.75, 3.05) is 0 Å². The lowest BCUT2D eigenvalue weighted by Gasteiger charge is -2.08. The van der Waals surface area contributed by atoms with Crippen LogP contribution in [0.2, 0.25) is 0 Å². The number of nitrogens with zero attached hydrogens (tertiary/aromatic N) is 2. The number of rotatable bonds is 4. The molecule has 0 aliphatic heterocycles. The fourth-order valence-corrected chi connectivity index (χ4v) is 4.70. The number of nitrogens with one attached hydrogen (secondary N) is 1. The number of nitro groups is 1. The van der Waals surface area contributed by atoms with Crippen molar-refractivity contribution < 1.29 is 28.1 Å². The molecule has 0 saturated heterocycles. The highest BCUT2D eigenvalue weighted by Crippen LogP contribution is 2.41. The molecule has 34 heavy (non-hydrogen) atoms. The molecule has 0 saturated carbocycles. The highest BCUT2D eigenvalue weighted by Gasteiger charge is 2.22. The molecule has 0 spiro atoms. The second kappa shape index (κ2) is 7.54. The summed E-state index contributed by atoms with van der Waals surface area (Å²) in [6.07, 6.45) is 0. The Labute approximate surface area is 191 Å². The van der Waals surface area contributed by atoms with Crippen molar-refractivity contribution in [1.82, 2.24) is 9.97 Å². The van der Waals surface area contributed by atoms with Crippen molar-refractivity contribution >= 4 is 37.6 Å². The fraction of sp³-hybridized carbons (Fsp3) is 0. The molecule has 0 radical (unpaired) electrons. The molecular weight excluding hydrogens is 462 g/mol. The molecule has 170 valence electrons. The number of nitro benzene ring substituents is 1. The van der Waals surface area contributed by atoms with E-state index in [1.807, 2.05) is 0 Å². The zero-order chi connectivity index (χ0) is 24.2. The summed E-state index contributed by atoms with van der Waals surface area (Å²) < 4.78 is 33.6. The molecule has 0 amide bonds. The number of benzene rings is 4. The third-order valence-corrected chi connectivity index (χ3v) is 6.38. The monoisotopic (exact) mass is 477 g/mol. The smallest absolute Gasteiger partial charge is 0.295 e. The summed E-state index contributed by atoms with van der Waals surface area (Å²) in [5.41, 5.74) is 1.30. The van der Waals surface area contributed by atoms with Gasteiger partial charge in [0.25, 0.3) is 15.8 Å². The Bertz CT molecular complexity index is 1740. The number of hydrogen-bond donors (Lipinski definition) is 4. The van der Waals surface area contributed by atoms with Gasteiger partial charge in [-0.1, -0.05) is 36.4 Å². The van der Waals surface area contributed by atoms with Crippen molar-refractivity contribution in [2.24, 2.45) is 0 Å². The van der Waals surface area contributed by atoms with Gasteiger partial charge in [-0.05, 0) is 23.8 Å². The van der Waals surface area contributed by atoms with E-state index < -0.39 is 19.9 Å². The second-order valence-corrected chi connectivity index (χ2v) is 8.93. The van der Waals surface area contributed by atoms with Crippen LogP contribution in [-0.2, 0) is 10.1 Å². The Morgan fingerprint density at radius 1 is 0.941 bits per heavy atom. The van der Waals surface area contributed by atoms with Gasteiger partial charge in [-0.15, -0.1) is 0 Å². The molecule has 0 aliphatic rings. The number of aromatic hydroxyl groups is 2. The summed E-state index contributed by atoms with van der Waals surface area (Å²) in [4.78, 5) is 17.6. The third-order valence-electron chi connectivity index (χ3n) is 5.49. The SMILES string of the molecule is O=[N+]([O-])c1cccc(-c2cccc(-c3nc4c(cc(S(=O)(=O)O)c5cccc(O)c54)[nH]3)c2O)c1. The minimum Gasteiger partial charge on any atom is -0.507 e. The van der Waals surface area contributed by atoms with Crippen LogP contribution < -0.4 is 0 Å². The summed E-state index contributed by atoms with van der Waals surface area (Å²) >= 11 is 0. The summed E-state index contributed by atoms with van der Waals surface area (Å²) in [5, 5.41) is 32.7. The number of phenolic OH excluding ortho intramolecular Hbond substituents is 2. The van der Waals surface area contributed by atoms with E-state index in [-0.39, 0.29) is 50.4 Å². The second-order valence-electron chi connectivity index (χ2n) is 7.54. The maximum absolute atomic E-state index is 12.0. The van der Waals surface area contributed by atoms with E-state index in [0.29, 0.717) is 11.1 Å². The van der Waals surface area contributed by atoms with Crippen LogP contribution in [0, 0.1) is 10.1 Å². The van der Waals surface area contributed by atoms with Gasteiger partial charge in [-0.3, -0.25) is 14.7 Å². The Kier molecular flexibility index (Phi) is 4.74. The van der Waals surface area contributed by atoms with Crippen molar-refractivity contribution in [3.05, 3.63) is 76.8 Å². The molecular formula is C23H15N3O7S. The predicted molar refractivity (Wildman–Crippen MR) is 124 cm³/mol. The topological polar surface area (TPSA) is 167 Å². The molecule has 0 atom stereocenters. The number of aromatic amines is 1. The summed E-state index contributed by atoms with van der Waals surface area (Å²) in [6.45, 7) is 0. The fourth-order valence-electron chi connectivity index (χ4n) is 3.98. The van der Waals surface area contributed by atoms with Gasteiger partial charge < -0.3 is 15.2 Å². The highest BCUT2D eigenvalue weighted by atomic mass is 32.2. The normalized spacial score (nSPS) is 11.8. The van der Waals surface area contributed by atoms with Gasteiger partial charge in [0.15, 0.2) is 0 Å². The van der Waals surface area contributed by atoms with Crippen molar-refractivity contribution in [3.8, 4) is 34.0 Å². The number of phenols is 2. The molecule has 1 aromatic heterocycles. The van der Waals surface area contributed by atoms with E-state index in [0.717, 1.165) is 0 Å². The molecule has 0 aliphatic carbocycles. The lowest BCUT2D eigenvalue weighted by molar-refractivity contribution is -0.384. The molecule has 5 aromatic rings. The minimum atomic E-state index is -4.62. The van der Waals surface area contributed by atoms with E-state index in [1.54, 1.807) is 24.3 Å². The molecule has 5 rings (SSSR count). The number of hydrogen-bond acceptors (Lipinski definition) is 7. The van der Waals surface area contributed by atoms with Gasteiger partial charge in [0.05, 0.1) is 21.4 Å². The lowest BCUT2D eigenvalue weighted by Crippen LogP contribution is -1.99. The van der Waals surface area contributed by atoms with Crippen molar-refractivity contribution in [1.29, 1.82) is 0 Å². The van der Waals surface area contributed by atoms with Gasteiger partial charge in [-0.2, -0.15) is 8.42 Å². The molecule has 4 N–H and O–H groups in total. The number of para-hydroxylation sites is 1. The maximum Gasteiger partial charge on any atom is 0.295 e. The van der Waals surface area contributed by atoms with Gasteiger partial charge >= 0.3 is 0 Å². The third kappa shape index (κ3) is 3.39. The van der Waals surface area contributed by atoms with E-state index in [9.17, 15) is 33.3 Å². The number of aromatic nitrogens is 2. The van der Waals surface area contributed by atoms with Crippen LogP contribution in [0.25, 0.3) is 44.3 Å². The Hall–Kier alpha value is -4.48. The van der Waals surface area contributed by atoms with Crippen molar-refractivity contribution in [2.45, 2.75) is 4.90 Å². The molecule has 4 aromatic carbocycles. The first-order chi connectivity index (χ1) is 16.1. The average molecular weight is 477 g/mol. The van der Waals surface area contributed by atoms with Crippen LogP contribution in [0.4, 0.5) is 5.69 Å². The van der Waals surface area contributed by atoms with E-state index in [2.05, 4.69) is 9.97 Å². The van der Waals surface area contributed by atoms with E-state index in [4.69, 9.17) is 0 Å². The Morgan fingerprint density at radius 3 is 2.38 bits per heavy atom. The van der Waals surface area contributed by atoms with Crippen LogP contribution in [0.3, 0.4) is 0 Å². The largest absolute Gasteiger partial charge is 0.507 e. The maximum atomic E-state index is 12.0. The molecule has 11 heteroatoms. The van der Waals surface area contributed by atoms with Crippen LogP contribution in [-0.4, -0.2) is 38.1 Å². The van der Waals surface area contributed by atoms with Crippen LogP contribution in [0.5, 0.6) is 11.5 Å². The molecule has 10 nitrogen and oxygen atoms in total. The van der Waals surface area contributed by atoms with Gasteiger partial charge in [0.1, 0.15) is 27.7 Å². The number of imidazole rings is 1. The first-order valence-corrected chi connectivity index (χ1v) is 11.3. The van der Waals surface area contributed by atoms with Crippen LogP contribution in [0.15, 0.2) is 71.6 Å². The molecule has 1 heterocycles. The Balaban J connectivity index is 1.75. The van der Waals surface area contributed by atoms with Crippen LogP contribution in [0.1, 0.15) is 0 Å². The Morgan fingerprint density at radius 2 is 1.65 bits per heavy atom. The predicted octanol–water partition coefficient (Wildman–Crippen LogP) is 4.62. The summed E-state index contributed by atoms with van der Waals surface area (Å²) in [7, 11) is -4.62. The molecule has 0 bridgehead atoms.